The molecule has 182 valence electrons. The molecular formula is C28H32N4O2S. The fraction of sp³-hybridized carbons (Fsp3) is 0.357. The van der Waals surface area contributed by atoms with Gasteiger partial charge < -0.3 is 14.5 Å². The summed E-state index contributed by atoms with van der Waals surface area (Å²) in [6, 6.07) is 8.11. The number of nitrogens with zero attached hydrogens (tertiary/aromatic N) is 3. The van der Waals surface area contributed by atoms with E-state index >= 15 is 0 Å². The molecule has 0 saturated heterocycles. The van der Waals surface area contributed by atoms with E-state index in [0.29, 0.717) is 11.8 Å². The highest BCUT2D eigenvalue weighted by atomic mass is 32.1. The van der Waals surface area contributed by atoms with E-state index in [2.05, 4.69) is 41.7 Å². The molecule has 5 rings (SSSR count). The van der Waals surface area contributed by atoms with Crippen LogP contribution in [0.5, 0.6) is 11.5 Å². The fourth-order valence-corrected chi connectivity index (χ4v) is 5.51. The van der Waals surface area contributed by atoms with Crippen LogP contribution in [-0.4, -0.2) is 14.2 Å². The van der Waals surface area contributed by atoms with Crippen molar-refractivity contribution in [1.82, 2.24) is 14.2 Å². The van der Waals surface area contributed by atoms with Crippen LogP contribution < -0.4 is 10.1 Å². The second kappa shape index (κ2) is 10.1. The average molecular weight is 489 g/mol. The normalized spacial score (nSPS) is 14.9. The fourth-order valence-electron chi connectivity index (χ4n) is 4.84. The first kappa shape index (κ1) is 23.4. The molecule has 0 unspecified atom stereocenters. The number of furan rings is 1. The van der Waals surface area contributed by atoms with Gasteiger partial charge in [-0.1, -0.05) is 51.0 Å². The number of aromatic nitrogens is 3. The number of nitrogens with one attached hydrogen (secondary N) is 1. The highest BCUT2D eigenvalue weighted by Crippen LogP contribution is 2.44. The molecular weight excluding hydrogens is 456 g/mol. The largest absolute Gasteiger partial charge is 0.464 e. The van der Waals surface area contributed by atoms with E-state index in [9.17, 15) is 0 Å². The Balaban J connectivity index is 1.60. The molecule has 1 aliphatic rings. The third kappa shape index (κ3) is 4.41. The highest BCUT2D eigenvalue weighted by molar-refractivity contribution is 7.10. The van der Waals surface area contributed by atoms with Crippen LogP contribution >= 0.6 is 11.5 Å². The van der Waals surface area contributed by atoms with Gasteiger partial charge in [-0.25, -0.2) is 4.68 Å². The minimum atomic E-state index is 0.377. The third-order valence-corrected chi connectivity index (χ3v) is 7.71. The van der Waals surface area contributed by atoms with E-state index in [4.69, 9.17) is 14.3 Å². The molecule has 0 atom stereocenters. The molecule has 0 aliphatic heterocycles. The first-order chi connectivity index (χ1) is 17.1. The van der Waals surface area contributed by atoms with Crippen LogP contribution in [0, 0.1) is 0 Å². The van der Waals surface area contributed by atoms with E-state index in [0.717, 1.165) is 64.4 Å². The Morgan fingerprint density at radius 3 is 2.80 bits per heavy atom. The van der Waals surface area contributed by atoms with Crippen molar-refractivity contribution < 1.29 is 9.15 Å². The van der Waals surface area contributed by atoms with Gasteiger partial charge in [0.05, 0.1) is 23.9 Å². The molecule has 1 aromatic carbocycles. The summed E-state index contributed by atoms with van der Waals surface area (Å²) >= 11 is 1.40. The van der Waals surface area contributed by atoms with Gasteiger partial charge in [0.25, 0.3) is 0 Å². The predicted molar refractivity (Wildman–Crippen MR) is 144 cm³/mol. The van der Waals surface area contributed by atoms with Crippen LogP contribution in [-0.2, 0) is 0 Å². The van der Waals surface area contributed by atoms with Crippen LogP contribution in [0.15, 0.2) is 59.0 Å². The number of hydrogen-bond donors (Lipinski definition) is 1. The summed E-state index contributed by atoms with van der Waals surface area (Å²) in [6.07, 6.45) is 12.0. The quantitative estimate of drug-likeness (QED) is 0.255. The first-order valence-electron chi connectivity index (χ1n) is 12.4. The lowest BCUT2D eigenvalue weighted by molar-refractivity contribution is 0.472. The minimum Gasteiger partial charge on any atom is -0.464 e. The lowest BCUT2D eigenvalue weighted by Gasteiger charge is -2.18. The Bertz CT molecular complexity index is 1370. The first-order valence-corrected chi connectivity index (χ1v) is 13.2. The van der Waals surface area contributed by atoms with Crippen LogP contribution in [0.3, 0.4) is 0 Å². The lowest BCUT2D eigenvalue weighted by atomic mass is 10.1. The van der Waals surface area contributed by atoms with E-state index in [1.54, 1.807) is 12.5 Å². The summed E-state index contributed by atoms with van der Waals surface area (Å²) in [5.41, 5.74) is 5.24. The molecule has 35 heavy (non-hydrogen) atoms. The van der Waals surface area contributed by atoms with Gasteiger partial charge in [-0.15, -0.1) is 0 Å². The highest BCUT2D eigenvalue weighted by Gasteiger charge is 2.28. The summed E-state index contributed by atoms with van der Waals surface area (Å²) < 4.78 is 18.6. The number of allylic oxidation sites excluding steroid dienone is 2. The molecule has 4 aromatic rings. The van der Waals surface area contributed by atoms with Crippen molar-refractivity contribution in [1.29, 1.82) is 0 Å². The van der Waals surface area contributed by atoms with E-state index in [-0.39, 0.29) is 0 Å². The molecule has 1 fully saturated rings. The number of rotatable bonds is 9. The molecule has 7 heteroatoms. The predicted octanol–water partition coefficient (Wildman–Crippen LogP) is 8.81. The average Bonchev–Trinajstić information content (AvgIpc) is 3.68. The maximum Gasteiger partial charge on any atom is 0.167 e. The van der Waals surface area contributed by atoms with Crippen molar-refractivity contribution in [2.45, 2.75) is 65.3 Å². The molecule has 6 nitrogen and oxygen atoms in total. The molecule has 1 N–H and O–H groups in total. The number of ether oxygens (including phenoxy) is 1. The van der Waals surface area contributed by atoms with Crippen LogP contribution in [0.4, 0.5) is 5.82 Å². The van der Waals surface area contributed by atoms with Crippen molar-refractivity contribution >= 4 is 34.4 Å². The monoisotopic (exact) mass is 488 g/mol. The Morgan fingerprint density at radius 2 is 2.06 bits per heavy atom. The molecule has 0 radical (unpaired) electrons. The maximum atomic E-state index is 6.38. The molecule has 0 spiro atoms. The Kier molecular flexibility index (Phi) is 6.77. The zero-order valence-corrected chi connectivity index (χ0v) is 21.5. The molecule has 3 heterocycles. The topological polar surface area (TPSA) is 65.1 Å². The van der Waals surface area contributed by atoms with Gasteiger partial charge >= 0.3 is 0 Å². The van der Waals surface area contributed by atoms with Gasteiger partial charge in [-0.2, -0.15) is 9.47 Å². The molecule has 1 saturated carbocycles. The van der Waals surface area contributed by atoms with Gasteiger partial charge in [0.2, 0.25) is 0 Å². The zero-order valence-electron chi connectivity index (χ0n) is 20.6. The van der Waals surface area contributed by atoms with Crippen LogP contribution in [0.2, 0.25) is 0 Å². The summed E-state index contributed by atoms with van der Waals surface area (Å²) in [5.74, 6) is 2.44. The van der Waals surface area contributed by atoms with E-state index < -0.39 is 0 Å². The summed E-state index contributed by atoms with van der Waals surface area (Å²) in [4.78, 5) is 0.898. The standard InChI is InChI=1S/C28H32N4O2S/c1-5-18(4)22(7-3)30-28-20(6-2)26(31-32(28)19-11-8-9-12-19)27-25(17-29-35-27)34-24-14-10-13-23-21(24)15-16-33-23/h6,10,13-17,19,30H,2,5,7-9,11-12H2,1,3-4H3. The maximum absolute atomic E-state index is 6.38. The van der Waals surface area contributed by atoms with E-state index in [1.165, 1.54) is 35.6 Å². The number of fused-ring (bicyclic) bond motifs is 1. The Morgan fingerprint density at radius 1 is 1.23 bits per heavy atom. The van der Waals surface area contributed by atoms with Gasteiger partial charge in [-0.05, 0) is 62.3 Å². The third-order valence-electron chi connectivity index (χ3n) is 6.92. The smallest absolute Gasteiger partial charge is 0.167 e. The number of anilines is 1. The van der Waals surface area contributed by atoms with Crippen molar-refractivity contribution in [2.24, 2.45) is 0 Å². The van der Waals surface area contributed by atoms with Crippen LogP contribution in [0.1, 0.15) is 70.9 Å². The van der Waals surface area contributed by atoms with Crippen LogP contribution in [0.25, 0.3) is 27.6 Å². The van der Waals surface area contributed by atoms with Crippen molar-refractivity contribution in [3.63, 3.8) is 0 Å². The Hall–Kier alpha value is -3.32. The van der Waals surface area contributed by atoms with Gasteiger partial charge in [0.15, 0.2) is 5.75 Å². The van der Waals surface area contributed by atoms with Crippen molar-refractivity contribution in [2.75, 3.05) is 5.32 Å². The van der Waals surface area contributed by atoms with Crippen molar-refractivity contribution in [3.05, 3.63) is 60.1 Å². The molecule has 0 bridgehead atoms. The van der Waals surface area contributed by atoms with Gasteiger partial charge in [0.1, 0.15) is 27.7 Å². The lowest BCUT2D eigenvalue weighted by Crippen LogP contribution is -2.13. The van der Waals surface area contributed by atoms with Gasteiger partial charge in [-0.3, -0.25) is 0 Å². The van der Waals surface area contributed by atoms with Gasteiger partial charge in [0, 0.05) is 11.3 Å². The van der Waals surface area contributed by atoms with E-state index in [1.807, 2.05) is 30.3 Å². The second-order valence-electron chi connectivity index (χ2n) is 9.00. The Labute approximate surface area is 210 Å². The summed E-state index contributed by atoms with van der Waals surface area (Å²) in [7, 11) is 0. The summed E-state index contributed by atoms with van der Waals surface area (Å²) in [6.45, 7) is 10.8. The number of benzene rings is 1. The number of hydrogen-bond acceptors (Lipinski definition) is 6. The minimum absolute atomic E-state index is 0.377. The molecule has 3 aromatic heterocycles. The zero-order chi connectivity index (χ0) is 24.4. The summed E-state index contributed by atoms with van der Waals surface area (Å²) in [5, 5.41) is 9.85. The molecule has 1 aliphatic carbocycles. The van der Waals surface area contributed by atoms with Crippen molar-refractivity contribution in [3.8, 4) is 22.1 Å². The SMILES string of the molecule is C=Cc1c(-c2sncc2Oc2cccc3occc23)nn(C2CCCC2)c1NC(CC)=C(C)CC. The molecule has 0 amide bonds. The second-order valence-corrected chi connectivity index (χ2v) is 9.80.